The predicted molar refractivity (Wildman–Crippen MR) is 72.8 cm³/mol. The second-order valence-electron chi connectivity index (χ2n) is 3.98. The van der Waals surface area contributed by atoms with Gasteiger partial charge in [0.05, 0.1) is 33.7 Å². The molecule has 0 aliphatic heterocycles. The van der Waals surface area contributed by atoms with E-state index < -0.39 is 6.04 Å². The highest BCUT2D eigenvalue weighted by molar-refractivity contribution is 6.31. The molecule has 2 N–H and O–H groups in total. The lowest BCUT2D eigenvalue weighted by Crippen LogP contribution is -2.19. The van der Waals surface area contributed by atoms with Crippen molar-refractivity contribution in [1.29, 1.82) is 0 Å². The summed E-state index contributed by atoms with van der Waals surface area (Å²) in [6.07, 6.45) is 4.15. The largest absolute Gasteiger partial charge is 0.318 e. The molecule has 0 radical (unpaired) electrons. The summed E-state index contributed by atoms with van der Waals surface area (Å²) in [7, 11) is 0. The molecule has 6 heteroatoms. The monoisotopic (exact) mass is 284 g/mol. The Morgan fingerprint density at radius 2 is 2.11 bits per heavy atom. The highest BCUT2D eigenvalue weighted by atomic mass is 35.5. The minimum atomic E-state index is -0.399. The number of rotatable bonds is 4. The molecule has 96 valence electrons. The Bertz CT molecular complexity index is 521. The van der Waals surface area contributed by atoms with Crippen molar-refractivity contribution in [3.05, 3.63) is 46.0 Å². The second-order valence-corrected chi connectivity index (χ2v) is 4.82. The standard InChI is InChI=1S/C12H14Cl2N4/c1-2-5-18-12(9(14)7-17-18)11(15)10-4-3-8(13)6-16-10/h3-4,6-7,11H,2,5,15H2,1H3. The van der Waals surface area contributed by atoms with Crippen LogP contribution in [0, 0.1) is 0 Å². The van der Waals surface area contributed by atoms with Crippen LogP contribution >= 0.6 is 23.2 Å². The SMILES string of the molecule is CCCn1ncc(Cl)c1C(N)c1ccc(Cl)cn1. The first-order valence-corrected chi connectivity index (χ1v) is 6.47. The van der Waals surface area contributed by atoms with Gasteiger partial charge >= 0.3 is 0 Å². The number of hydrogen-bond acceptors (Lipinski definition) is 3. The van der Waals surface area contributed by atoms with E-state index in [4.69, 9.17) is 28.9 Å². The molecule has 2 aromatic rings. The lowest BCUT2D eigenvalue weighted by molar-refractivity contribution is 0.557. The summed E-state index contributed by atoms with van der Waals surface area (Å²) in [5, 5.41) is 5.37. The minimum absolute atomic E-state index is 0.399. The molecule has 1 atom stereocenters. The Kier molecular flexibility index (Phi) is 4.22. The van der Waals surface area contributed by atoms with Crippen LogP contribution in [0.3, 0.4) is 0 Å². The third-order valence-electron chi connectivity index (χ3n) is 2.63. The number of aryl methyl sites for hydroxylation is 1. The van der Waals surface area contributed by atoms with E-state index >= 15 is 0 Å². The summed E-state index contributed by atoms with van der Waals surface area (Å²) < 4.78 is 1.82. The van der Waals surface area contributed by atoms with E-state index in [0.717, 1.165) is 24.4 Å². The molecule has 2 aromatic heterocycles. The molecule has 0 fully saturated rings. The van der Waals surface area contributed by atoms with Crippen molar-refractivity contribution < 1.29 is 0 Å². The molecule has 0 saturated heterocycles. The van der Waals surface area contributed by atoms with E-state index in [1.807, 2.05) is 4.68 Å². The number of aromatic nitrogens is 3. The maximum atomic E-state index is 6.19. The van der Waals surface area contributed by atoms with E-state index in [-0.39, 0.29) is 0 Å². The lowest BCUT2D eigenvalue weighted by atomic mass is 10.1. The summed E-state index contributed by atoms with van der Waals surface area (Å²) >= 11 is 11.9. The van der Waals surface area contributed by atoms with Crippen molar-refractivity contribution in [3.63, 3.8) is 0 Å². The van der Waals surface area contributed by atoms with Gasteiger partial charge < -0.3 is 5.73 Å². The van der Waals surface area contributed by atoms with Crippen LogP contribution in [0.15, 0.2) is 24.5 Å². The predicted octanol–water partition coefficient (Wildman–Crippen LogP) is 3.04. The van der Waals surface area contributed by atoms with E-state index in [2.05, 4.69) is 17.0 Å². The second kappa shape index (κ2) is 5.69. The molecule has 0 amide bonds. The highest BCUT2D eigenvalue weighted by Gasteiger charge is 2.19. The first kappa shape index (κ1) is 13.3. The summed E-state index contributed by atoms with van der Waals surface area (Å²) in [4.78, 5) is 4.22. The summed E-state index contributed by atoms with van der Waals surface area (Å²) in [5.74, 6) is 0. The van der Waals surface area contributed by atoms with Crippen LogP contribution in [-0.4, -0.2) is 14.8 Å². The minimum Gasteiger partial charge on any atom is -0.318 e. The van der Waals surface area contributed by atoms with Crippen molar-refractivity contribution in [1.82, 2.24) is 14.8 Å². The molecule has 0 saturated carbocycles. The average Bonchev–Trinajstić information content (AvgIpc) is 2.71. The Balaban J connectivity index is 2.35. The molecule has 18 heavy (non-hydrogen) atoms. The summed E-state index contributed by atoms with van der Waals surface area (Å²) in [6.45, 7) is 2.86. The molecule has 4 nitrogen and oxygen atoms in total. The van der Waals surface area contributed by atoms with Gasteiger partial charge in [0, 0.05) is 12.7 Å². The number of nitrogens with two attached hydrogens (primary N) is 1. The van der Waals surface area contributed by atoms with Gasteiger partial charge in [-0.1, -0.05) is 30.1 Å². The van der Waals surface area contributed by atoms with Gasteiger partial charge in [0.2, 0.25) is 0 Å². The molecule has 0 aliphatic carbocycles. The van der Waals surface area contributed by atoms with Gasteiger partial charge in [0.1, 0.15) is 0 Å². The summed E-state index contributed by atoms with van der Waals surface area (Å²) in [5.41, 5.74) is 7.70. The van der Waals surface area contributed by atoms with Crippen molar-refractivity contribution in [2.45, 2.75) is 25.9 Å². The van der Waals surface area contributed by atoms with Gasteiger partial charge in [-0.05, 0) is 18.6 Å². The van der Waals surface area contributed by atoms with Crippen molar-refractivity contribution in [2.24, 2.45) is 5.73 Å². The zero-order valence-electron chi connectivity index (χ0n) is 9.98. The number of halogens is 2. The lowest BCUT2D eigenvalue weighted by Gasteiger charge is -2.14. The van der Waals surface area contributed by atoms with Gasteiger partial charge in [-0.3, -0.25) is 9.67 Å². The van der Waals surface area contributed by atoms with Crippen molar-refractivity contribution >= 4 is 23.2 Å². The van der Waals surface area contributed by atoms with Crippen molar-refractivity contribution in [3.8, 4) is 0 Å². The molecule has 2 rings (SSSR count). The fourth-order valence-corrected chi connectivity index (χ4v) is 2.15. The Morgan fingerprint density at radius 3 is 2.72 bits per heavy atom. The average molecular weight is 285 g/mol. The first-order chi connectivity index (χ1) is 8.63. The molecule has 0 aliphatic rings. The maximum absolute atomic E-state index is 6.19. The molecule has 1 unspecified atom stereocenters. The van der Waals surface area contributed by atoms with Crippen LogP contribution < -0.4 is 5.73 Å². The van der Waals surface area contributed by atoms with Crippen LogP contribution in [0.1, 0.15) is 30.8 Å². The van der Waals surface area contributed by atoms with E-state index in [1.165, 1.54) is 0 Å². The third kappa shape index (κ3) is 2.66. The zero-order chi connectivity index (χ0) is 13.1. The molecular weight excluding hydrogens is 271 g/mol. The first-order valence-electron chi connectivity index (χ1n) is 5.71. The van der Waals surface area contributed by atoms with Crippen LogP contribution in [0.2, 0.25) is 10.0 Å². The smallest absolute Gasteiger partial charge is 0.0912 e. The van der Waals surface area contributed by atoms with E-state index in [9.17, 15) is 0 Å². The number of pyridine rings is 1. The molecule has 0 spiro atoms. The Labute approximate surface area is 116 Å². The van der Waals surface area contributed by atoms with Gasteiger partial charge in [0.15, 0.2) is 0 Å². The molecule has 0 aromatic carbocycles. The normalized spacial score (nSPS) is 12.7. The van der Waals surface area contributed by atoms with Crippen LogP contribution in [-0.2, 0) is 6.54 Å². The van der Waals surface area contributed by atoms with Gasteiger partial charge in [0.25, 0.3) is 0 Å². The Hall–Kier alpha value is -1.10. The topological polar surface area (TPSA) is 56.7 Å². The maximum Gasteiger partial charge on any atom is 0.0912 e. The number of nitrogens with zero attached hydrogens (tertiary/aromatic N) is 3. The third-order valence-corrected chi connectivity index (χ3v) is 3.15. The Morgan fingerprint density at radius 1 is 1.33 bits per heavy atom. The van der Waals surface area contributed by atoms with Gasteiger partial charge in [-0.2, -0.15) is 5.10 Å². The fourth-order valence-electron chi connectivity index (χ4n) is 1.78. The van der Waals surface area contributed by atoms with Gasteiger partial charge in [-0.25, -0.2) is 0 Å². The van der Waals surface area contributed by atoms with Crippen molar-refractivity contribution in [2.75, 3.05) is 0 Å². The van der Waals surface area contributed by atoms with Crippen LogP contribution in [0.4, 0.5) is 0 Å². The molecule has 0 bridgehead atoms. The van der Waals surface area contributed by atoms with Crippen LogP contribution in [0.25, 0.3) is 0 Å². The molecular formula is C12H14Cl2N4. The van der Waals surface area contributed by atoms with E-state index in [1.54, 1.807) is 24.5 Å². The van der Waals surface area contributed by atoms with E-state index in [0.29, 0.717) is 10.0 Å². The highest BCUT2D eigenvalue weighted by Crippen LogP contribution is 2.26. The number of hydrogen-bond donors (Lipinski definition) is 1. The van der Waals surface area contributed by atoms with Crippen LogP contribution in [0.5, 0.6) is 0 Å². The fraction of sp³-hybridized carbons (Fsp3) is 0.333. The summed E-state index contributed by atoms with van der Waals surface area (Å²) in [6, 6.07) is 3.16. The quantitative estimate of drug-likeness (QED) is 0.939. The zero-order valence-corrected chi connectivity index (χ0v) is 11.5. The van der Waals surface area contributed by atoms with Gasteiger partial charge in [-0.15, -0.1) is 0 Å². The molecule has 2 heterocycles.